The Morgan fingerprint density at radius 1 is 1.32 bits per heavy atom. The van der Waals surface area contributed by atoms with Crippen LogP contribution in [0.15, 0.2) is 27.1 Å². The number of carbonyl (C=O) groups excluding carboxylic acids is 1. The lowest BCUT2D eigenvalue weighted by Gasteiger charge is -2.28. The highest BCUT2D eigenvalue weighted by molar-refractivity contribution is 9.11. The fourth-order valence-corrected chi connectivity index (χ4v) is 3.37. The summed E-state index contributed by atoms with van der Waals surface area (Å²) in [4.78, 5) is 14.5. The van der Waals surface area contributed by atoms with Crippen LogP contribution >= 0.6 is 31.9 Å². The Morgan fingerprint density at radius 3 is 2.63 bits per heavy atom. The summed E-state index contributed by atoms with van der Waals surface area (Å²) < 4.78 is 1.68. The Balaban J connectivity index is 2.25. The molecule has 1 aliphatic carbocycles. The monoisotopic (exact) mass is 389 g/mol. The summed E-state index contributed by atoms with van der Waals surface area (Å²) in [6.07, 6.45) is 4.41. The van der Waals surface area contributed by atoms with Crippen LogP contribution in [-0.4, -0.2) is 35.1 Å². The second-order valence-electron chi connectivity index (χ2n) is 4.78. The molecule has 3 nitrogen and oxygen atoms in total. The first-order valence-corrected chi connectivity index (χ1v) is 8.09. The topological polar surface area (TPSA) is 40.5 Å². The number of carbonyl (C=O) groups is 1. The average molecular weight is 391 g/mol. The van der Waals surface area contributed by atoms with E-state index in [9.17, 15) is 9.90 Å². The lowest BCUT2D eigenvalue weighted by atomic mass is 10.1. The lowest BCUT2D eigenvalue weighted by Crippen LogP contribution is -2.40. The molecule has 1 aromatic carbocycles. The van der Waals surface area contributed by atoms with Gasteiger partial charge in [0.15, 0.2) is 0 Å². The minimum atomic E-state index is -0.00544. The van der Waals surface area contributed by atoms with Crippen LogP contribution in [0, 0.1) is 0 Å². The minimum Gasteiger partial charge on any atom is -0.395 e. The maximum absolute atomic E-state index is 12.7. The number of hydrogen-bond acceptors (Lipinski definition) is 2. The second kappa shape index (κ2) is 6.86. The van der Waals surface area contributed by atoms with Gasteiger partial charge in [-0.3, -0.25) is 4.79 Å². The number of amides is 1. The van der Waals surface area contributed by atoms with E-state index in [4.69, 9.17) is 0 Å². The average Bonchev–Trinajstić information content (AvgIpc) is 2.92. The number of aliphatic hydroxyl groups excluding tert-OH is 1. The molecular weight excluding hydrogens is 374 g/mol. The van der Waals surface area contributed by atoms with Crippen molar-refractivity contribution in [2.45, 2.75) is 31.7 Å². The molecule has 0 unspecified atom stereocenters. The lowest BCUT2D eigenvalue weighted by molar-refractivity contribution is 0.0637. The van der Waals surface area contributed by atoms with Gasteiger partial charge in [-0.1, -0.05) is 28.8 Å². The van der Waals surface area contributed by atoms with E-state index < -0.39 is 0 Å². The van der Waals surface area contributed by atoms with Gasteiger partial charge in [-0.15, -0.1) is 0 Å². The zero-order valence-corrected chi connectivity index (χ0v) is 13.8. The van der Waals surface area contributed by atoms with Crippen LogP contribution in [0.4, 0.5) is 0 Å². The Bertz CT molecular complexity index is 459. The Morgan fingerprint density at radius 2 is 2.00 bits per heavy atom. The third-order valence-corrected chi connectivity index (χ3v) is 4.71. The van der Waals surface area contributed by atoms with Crippen LogP contribution in [0.5, 0.6) is 0 Å². The molecule has 1 N–H and O–H groups in total. The van der Waals surface area contributed by atoms with Crippen LogP contribution in [0.1, 0.15) is 36.0 Å². The molecule has 1 fully saturated rings. The summed E-state index contributed by atoms with van der Waals surface area (Å²) in [6, 6.07) is 5.85. The van der Waals surface area contributed by atoms with E-state index in [1.165, 1.54) is 12.8 Å². The van der Waals surface area contributed by atoms with Crippen molar-refractivity contribution >= 4 is 37.8 Å². The molecule has 0 heterocycles. The summed E-state index contributed by atoms with van der Waals surface area (Å²) >= 11 is 6.82. The molecule has 0 radical (unpaired) electrons. The molecular formula is C14H17Br2NO2. The van der Waals surface area contributed by atoms with E-state index in [-0.39, 0.29) is 18.6 Å². The SMILES string of the molecule is O=C(c1cc(Br)ccc1Br)N(CCO)C1CCCC1. The van der Waals surface area contributed by atoms with E-state index in [0.29, 0.717) is 12.1 Å². The van der Waals surface area contributed by atoms with Crippen LogP contribution in [0.25, 0.3) is 0 Å². The predicted molar refractivity (Wildman–Crippen MR) is 82.2 cm³/mol. The van der Waals surface area contributed by atoms with Gasteiger partial charge in [-0.25, -0.2) is 0 Å². The first-order chi connectivity index (χ1) is 9.13. The van der Waals surface area contributed by atoms with Gasteiger partial charge >= 0.3 is 0 Å². The van der Waals surface area contributed by atoms with E-state index >= 15 is 0 Å². The molecule has 0 saturated heterocycles. The zero-order chi connectivity index (χ0) is 13.8. The molecule has 1 aliphatic rings. The van der Waals surface area contributed by atoms with Crippen molar-refractivity contribution in [2.24, 2.45) is 0 Å². The van der Waals surface area contributed by atoms with Crippen LogP contribution in [-0.2, 0) is 0 Å². The van der Waals surface area contributed by atoms with Crippen molar-refractivity contribution in [1.82, 2.24) is 4.90 Å². The van der Waals surface area contributed by atoms with Crippen molar-refractivity contribution in [2.75, 3.05) is 13.2 Å². The Hall–Kier alpha value is -0.390. The highest BCUT2D eigenvalue weighted by Gasteiger charge is 2.28. The summed E-state index contributed by atoms with van der Waals surface area (Å²) in [5.41, 5.74) is 0.648. The van der Waals surface area contributed by atoms with Gasteiger partial charge in [0.2, 0.25) is 0 Å². The molecule has 1 saturated carbocycles. The van der Waals surface area contributed by atoms with Gasteiger partial charge in [-0.2, -0.15) is 0 Å². The van der Waals surface area contributed by atoms with Gasteiger partial charge in [0.25, 0.3) is 5.91 Å². The third-order valence-electron chi connectivity index (χ3n) is 3.53. The number of hydrogen-bond donors (Lipinski definition) is 1. The molecule has 1 aromatic rings. The van der Waals surface area contributed by atoms with E-state index in [1.807, 2.05) is 23.1 Å². The second-order valence-corrected chi connectivity index (χ2v) is 6.55. The normalized spacial score (nSPS) is 15.7. The first-order valence-electron chi connectivity index (χ1n) is 6.50. The molecule has 2 rings (SSSR count). The molecule has 104 valence electrons. The number of aliphatic hydroxyl groups is 1. The van der Waals surface area contributed by atoms with Crippen molar-refractivity contribution < 1.29 is 9.90 Å². The molecule has 19 heavy (non-hydrogen) atoms. The smallest absolute Gasteiger partial charge is 0.255 e. The van der Waals surface area contributed by atoms with Gasteiger partial charge in [0.05, 0.1) is 12.2 Å². The maximum atomic E-state index is 12.7. The van der Waals surface area contributed by atoms with Gasteiger partial charge in [-0.05, 0) is 47.0 Å². The van der Waals surface area contributed by atoms with Gasteiger partial charge in [0, 0.05) is 21.5 Å². The first kappa shape index (κ1) is 15.0. The molecule has 0 aliphatic heterocycles. The van der Waals surface area contributed by atoms with E-state index in [0.717, 1.165) is 21.8 Å². The van der Waals surface area contributed by atoms with Crippen molar-refractivity contribution in [3.05, 3.63) is 32.7 Å². The van der Waals surface area contributed by atoms with Gasteiger partial charge in [0.1, 0.15) is 0 Å². The Kier molecular flexibility index (Phi) is 5.42. The standard InChI is InChI=1S/C14H17Br2NO2/c15-10-5-6-13(16)12(9-10)14(19)17(7-8-18)11-3-1-2-4-11/h5-6,9,11,18H,1-4,7-8H2. The maximum Gasteiger partial charge on any atom is 0.255 e. The quantitative estimate of drug-likeness (QED) is 0.853. The third kappa shape index (κ3) is 3.58. The highest BCUT2D eigenvalue weighted by atomic mass is 79.9. The van der Waals surface area contributed by atoms with Crippen molar-refractivity contribution in [1.29, 1.82) is 0 Å². The number of nitrogens with zero attached hydrogens (tertiary/aromatic N) is 1. The molecule has 0 aromatic heterocycles. The van der Waals surface area contributed by atoms with E-state index in [1.54, 1.807) is 0 Å². The van der Waals surface area contributed by atoms with Crippen LogP contribution in [0.2, 0.25) is 0 Å². The molecule has 0 bridgehead atoms. The number of rotatable bonds is 4. The molecule has 5 heteroatoms. The van der Waals surface area contributed by atoms with Crippen LogP contribution in [0.3, 0.4) is 0 Å². The van der Waals surface area contributed by atoms with Crippen molar-refractivity contribution in [3.8, 4) is 0 Å². The van der Waals surface area contributed by atoms with Gasteiger partial charge < -0.3 is 10.0 Å². The van der Waals surface area contributed by atoms with E-state index in [2.05, 4.69) is 31.9 Å². The summed E-state index contributed by atoms with van der Waals surface area (Å²) in [6.45, 7) is 0.413. The summed E-state index contributed by atoms with van der Waals surface area (Å²) in [5, 5.41) is 9.20. The number of halogens is 2. The molecule has 1 amide bonds. The number of benzene rings is 1. The fourth-order valence-electron chi connectivity index (χ4n) is 2.59. The largest absolute Gasteiger partial charge is 0.395 e. The van der Waals surface area contributed by atoms with Crippen molar-refractivity contribution in [3.63, 3.8) is 0 Å². The predicted octanol–water partition coefficient (Wildman–Crippen LogP) is 3.59. The highest BCUT2D eigenvalue weighted by Crippen LogP contribution is 2.28. The fraction of sp³-hybridized carbons (Fsp3) is 0.500. The molecule has 0 atom stereocenters. The van der Waals surface area contributed by atoms with Crippen LogP contribution < -0.4 is 0 Å². The minimum absolute atomic E-state index is 0.00544. The Labute approximate surface area is 130 Å². The summed E-state index contributed by atoms with van der Waals surface area (Å²) in [5.74, 6) is -0.00544. The zero-order valence-electron chi connectivity index (χ0n) is 10.6. The molecule has 0 spiro atoms. The summed E-state index contributed by atoms with van der Waals surface area (Å²) in [7, 11) is 0.